The highest BCUT2D eigenvalue weighted by molar-refractivity contribution is 5.24. The molecule has 0 unspecified atom stereocenters. The molecule has 0 bridgehead atoms. The second-order valence-electron chi connectivity index (χ2n) is 4.95. The maximum absolute atomic E-state index is 2.31. The molecule has 0 nitrogen and oxygen atoms in total. The third-order valence-corrected chi connectivity index (χ3v) is 3.33. The van der Waals surface area contributed by atoms with Crippen LogP contribution in [0.3, 0.4) is 0 Å². The van der Waals surface area contributed by atoms with Crippen molar-refractivity contribution in [1.29, 1.82) is 0 Å². The van der Waals surface area contributed by atoms with Crippen molar-refractivity contribution >= 4 is 0 Å². The molecular formula is C17H20. The fourth-order valence-corrected chi connectivity index (χ4v) is 2.31. The molecule has 0 aliphatic rings. The van der Waals surface area contributed by atoms with Gasteiger partial charge in [-0.2, -0.15) is 0 Å². The lowest BCUT2D eigenvalue weighted by molar-refractivity contribution is 0.495. The Kier molecular flexibility index (Phi) is 3.98. The number of hydrogen-bond donors (Lipinski definition) is 0. The van der Waals surface area contributed by atoms with Crippen LogP contribution in [0.5, 0.6) is 0 Å². The van der Waals surface area contributed by atoms with Gasteiger partial charge in [0.2, 0.25) is 0 Å². The average Bonchev–Trinajstić information content (AvgIpc) is 2.38. The molecule has 0 aliphatic heterocycles. The molecular weight excluding hydrogens is 204 g/mol. The minimum Gasteiger partial charge on any atom is -0.0622 e. The monoisotopic (exact) mass is 224 g/mol. The molecule has 0 radical (unpaired) electrons. The fraction of sp³-hybridized carbons (Fsp3) is 0.294. The molecule has 0 fully saturated rings. The van der Waals surface area contributed by atoms with E-state index in [0.29, 0.717) is 11.8 Å². The first kappa shape index (κ1) is 11.9. The van der Waals surface area contributed by atoms with Gasteiger partial charge in [-0.25, -0.2) is 0 Å². The van der Waals surface area contributed by atoms with Gasteiger partial charge in [-0.3, -0.25) is 0 Å². The summed E-state index contributed by atoms with van der Waals surface area (Å²) in [5.41, 5.74) is 2.88. The van der Waals surface area contributed by atoms with Gasteiger partial charge >= 0.3 is 0 Å². The smallest absolute Gasteiger partial charge is 0.00984 e. The number of rotatable bonds is 4. The highest BCUT2D eigenvalue weighted by Crippen LogP contribution is 2.28. The Balaban J connectivity index is 2.20. The maximum Gasteiger partial charge on any atom is -0.00984 e. The highest BCUT2D eigenvalue weighted by Gasteiger charge is 2.15. The maximum atomic E-state index is 2.31. The van der Waals surface area contributed by atoms with Gasteiger partial charge in [0, 0.05) is 0 Å². The van der Waals surface area contributed by atoms with Crippen LogP contribution in [-0.4, -0.2) is 0 Å². The zero-order valence-corrected chi connectivity index (χ0v) is 10.6. The van der Waals surface area contributed by atoms with Crippen LogP contribution >= 0.6 is 0 Å². The summed E-state index contributed by atoms with van der Waals surface area (Å²) in [4.78, 5) is 0. The number of benzene rings is 2. The molecule has 1 atom stereocenters. The van der Waals surface area contributed by atoms with Gasteiger partial charge in [0.25, 0.3) is 0 Å². The Morgan fingerprint density at radius 1 is 0.765 bits per heavy atom. The molecule has 0 aliphatic carbocycles. The van der Waals surface area contributed by atoms with Gasteiger partial charge in [-0.1, -0.05) is 74.5 Å². The molecule has 0 saturated heterocycles. The summed E-state index contributed by atoms with van der Waals surface area (Å²) < 4.78 is 0. The van der Waals surface area contributed by atoms with Crippen molar-refractivity contribution < 1.29 is 0 Å². The molecule has 0 saturated carbocycles. The van der Waals surface area contributed by atoms with E-state index in [1.807, 2.05) is 0 Å². The molecule has 0 heteroatoms. The third-order valence-electron chi connectivity index (χ3n) is 3.33. The molecule has 17 heavy (non-hydrogen) atoms. The predicted molar refractivity (Wildman–Crippen MR) is 74.2 cm³/mol. The van der Waals surface area contributed by atoms with Crippen molar-refractivity contribution in [2.24, 2.45) is 5.92 Å². The van der Waals surface area contributed by atoms with Crippen LogP contribution in [0.25, 0.3) is 0 Å². The summed E-state index contributed by atoms with van der Waals surface area (Å²) in [5.74, 6) is 1.27. The number of hydrogen-bond acceptors (Lipinski definition) is 0. The molecule has 88 valence electrons. The zero-order chi connectivity index (χ0) is 12.1. The lowest BCUT2D eigenvalue weighted by atomic mass is 9.83. The van der Waals surface area contributed by atoms with Crippen molar-refractivity contribution in [3.63, 3.8) is 0 Å². The first-order valence-electron chi connectivity index (χ1n) is 6.36. The van der Waals surface area contributed by atoms with Crippen LogP contribution in [0, 0.1) is 5.92 Å². The van der Waals surface area contributed by atoms with Gasteiger partial charge in [-0.05, 0) is 29.4 Å². The molecule has 0 spiro atoms. The van der Waals surface area contributed by atoms with Crippen LogP contribution in [0.2, 0.25) is 0 Å². The summed E-state index contributed by atoms with van der Waals surface area (Å²) >= 11 is 0. The quantitative estimate of drug-likeness (QED) is 0.708. The van der Waals surface area contributed by atoms with E-state index in [0.717, 1.165) is 6.42 Å². The van der Waals surface area contributed by atoms with Crippen molar-refractivity contribution in [2.75, 3.05) is 0 Å². The first-order valence-corrected chi connectivity index (χ1v) is 6.36. The second-order valence-corrected chi connectivity index (χ2v) is 4.95. The van der Waals surface area contributed by atoms with E-state index in [9.17, 15) is 0 Å². The van der Waals surface area contributed by atoms with Crippen LogP contribution < -0.4 is 0 Å². The molecule has 2 aromatic rings. The second kappa shape index (κ2) is 5.67. The largest absolute Gasteiger partial charge is 0.0622 e. The minimum absolute atomic E-state index is 0.610. The van der Waals surface area contributed by atoms with Gasteiger partial charge < -0.3 is 0 Å². The Bertz CT molecular complexity index is 428. The van der Waals surface area contributed by atoms with E-state index < -0.39 is 0 Å². The highest BCUT2D eigenvalue weighted by atomic mass is 14.2. The van der Waals surface area contributed by atoms with Crippen LogP contribution in [0.15, 0.2) is 60.7 Å². The Morgan fingerprint density at radius 2 is 1.29 bits per heavy atom. The SMILES string of the molecule is CC(C)[C@H](Cc1ccccc1)c1ccccc1. The van der Waals surface area contributed by atoms with Crippen molar-refractivity contribution in [3.8, 4) is 0 Å². The van der Waals surface area contributed by atoms with Crippen molar-refractivity contribution in [2.45, 2.75) is 26.2 Å². The molecule has 2 rings (SSSR count). The van der Waals surface area contributed by atoms with Crippen LogP contribution in [0.4, 0.5) is 0 Å². The predicted octanol–water partition coefficient (Wildman–Crippen LogP) is 4.67. The Labute approximate surface area is 104 Å². The van der Waals surface area contributed by atoms with Gasteiger partial charge in [0.1, 0.15) is 0 Å². The average molecular weight is 224 g/mol. The Morgan fingerprint density at radius 3 is 1.82 bits per heavy atom. The van der Waals surface area contributed by atoms with Crippen LogP contribution in [0.1, 0.15) is 30.9 Å². The molecule has 0 heterocycles. The summed E-state index contributed by atoms with van der Waals surface area (Å²) in [6.07, 6.45) is 1.13. The topological polar surface area (TPSA) is 0 Å². The standard InChI is InChI=1S/C17H20/c1-14(2)17(16-11-7-4-8-12-16)13-15-9-5-3-6-10-15/h3-12,14,17H,13H2,1-2H3/t17-/m0/s1. The lowest BCUT2D eigenvalue weighted by Gasteiger charge is -2.21. The van der Waals surface area contributed by atoms with E-state index in [2.05, 4.69) is 74.5 Å². The van der Waals surface area contributed by atoms with E-state index in [1.54, 1.807) is 0 Å². The fourth-order valence-electron chi connectivity index (χ4n) is 2.31. The zero-order valence-electron chi connectivity index (χ0n) is 10.6. The normalized spacial score (nSPS) is 12.6. The van der Waals surface area contributed by atoms with Gasteiger partial charge in [0.15, 0.2) is 0 Å². The van der Waals surface area contributed by atoms with Crippen molar-refractivity contribution in [3.05, 3.63) is 71.8 Å². The molecule has 0 N–H and O–H groups in total. The van der Waals surface area contributed by atoms with E-state index >= 15 is 0 Å². The minimum atomic E-state index is 0.610. The lowest BCUT2D eigenvalue weighted by Crippen LogP contribution is -2.09. The third kappa shape index (κ3) is 3.20. The van der Waals surface area contributed by atoms with Gasteiger partial charge in [-0.15, -0.1) is 0 Å². The van der Waals surface area contributed by atoms with E-state index in [-0.39, 0.29) is 0 Å². The summed E-state index contributed by atoms with van der Waals surface area (Å²) in [5, 5.41) is 0. The summed E-state index contributed by atoms with van der Waals surface area (Å²) in [6, 6.07) is 21.6. The molecule has 2 aromatic carbocycles. The summed E-state index contributed by atoms with van der Waals surface area (Å²) in [7, 11) is 0. The van der Waals surface area contributed by atoms with Gasteiger partial charge in [0.05, 0.1) is 0 Å². The summed E-state index contributed by atoms with van der Waals surface area (Å²) in [6.45, 7) is 4.61. The molecule has 0 amide bonds. The van der Waals surface area contributed by atoms with E-state index in [1.165, 1.54) is 11.1 Å². The molecule has 0 aromatic heterocycles. The van der Waals surface area contributed by atoms with E-state index in [4.69, 9.17) is 0 Å². The van der Waals surface area contributed by atoms with Crippen molar-refractivity contribution in [1.82, 2.24) is 0 Å². The Hall–Kier alpha value is -1.56. The first-order chi connectivity index (χ1) is 8.27. The van der Waals surface area contributed by atoms with Crippen LogP contribution in [-0.2, 0) is 6.42 Å².